The molecule has 0 radical (unpaired) electrons. The van der Waals surface area contributed by atoms with E-state index in [1.807, 2.05) is 35.7 Å². The Morgan fingerprint density at radius 2 is 1.83 bits per heavy atom. The quantitative estimate of drug-likeness (QED) is 0.552. The summed E-state index contributed by atoms with van der Waals surface area (Å²) in [5, 5.41) is 5.37. The van der Waals surface area contributed by atoms with Crippen LogP contribution in [0, 0.1) is 0 Å². The molecule has 0 spiro atoms. The second kappa shape index (κ2) is 9.71. The highest BCUT2D eigenvalue weighted by molar-refractivity contribution is 8.00. The molecule has 0 aliphatic rings. The standard InChI is InChI=1S/C22H23N3O2S2/c1-4-15-9-11-16(12-10-15)18-13-29-22(23-18)24-21(27)17-7-5-6-8-19(17)28-14-20(26)25(2)3/h5-13H,4,14H2,1-3H3,(H,23,24,27). The lowest BCUT2D eigenvalue weighted by Gasteiger charge is -2.11. The maximum Gasteiger partial charge on any atom is 0.258 e. The molecule has 5 nitrogen and oxygen atoms in total. The summed E-state index contributed by atoms with van der Waals surface area (Å²) in [6.45, 7) is 2.12. The van der Waals surface area contributed by atoms with Crippen LogP contribution in [0.5, 0.6) is 0 Å². The second-order valence-corrected chi connectivity index (χ2v) is 8.49. The molecule has 1 heterocycles. The molecule has 7 heteroatoms. The molecule has 0 aliphatic carbocycles. The van der Waals surface area contributed by atoms with Crippen molar-refractivity contribution in [1.29, 1.82) is 0 Å². The maximum absolute atomic E-state index is 12.8. The number of hydrogen-bond acceptors (Lipinski definition) is 5. The van der Waals surface area contributed by atoms with Crippen LogP contribution in [0.2, 0.25) is 0 Å². The number of carbonyl (C=O) groups excluding carboxylic acids is 2. The summed E-state index contributed by atoms with van der Waals surface area (Å²) in [4.78, 5) is 31.5. The van der Waals surface area contributed by atoms with E-state index in [1.54, 1.807) is 25.1 Å². The predicted molar refractivity (Wildman–Crippen MR) is 121 cm³/mol. The lowest BCUT2D eigenvalue weighted by atomic mass is 10.1. The van der Waals surface area contributed by atoms with Gasteiger partial charge in [-0.05, 0) is 24.1 Å². The lowest BCUT2D eigenvalue weighted by Crippen LogP contribution is -2.23. The van der Waals surface area contributed by atoms with Crippen LogP contribution in [0.25, 0.3) is 11.3 Å². The molecule has 2 aromatic carbocycles. The van der Waals surface area contributed by atoms with E-state index in [-0.39, 0.29) is 17.6 Å². The number of rotatable bonds is 7. The Labute approximate surface area is 179 Å². The van der Waals surface area contributed by atoms with Gasteiger partial charge in [0.1, 0.15) is 0 Å². The summed E-state index contributed by atoms with van der Waals surface area (Å²) in [7, 11) is 3.44. The highest BCUT2D eigenvalue weighted by atomic mass is 32.2. The third kappa shape index (κ3) is 5.46. The molecule has 29 heavy (non-hydrogen) atoms. The number of thiazole rings is 1. The van der Waals surface area contributed by atoms with Gasteiger partial charge in [0.05, 0.1) is 17.0 Å². The van der Waals surface area contributed by atoms with Crippen LogP contribution in [0.4, 0.5) is 5.13 Å². The minimum absolute atomic E-state index is 0.00358. The van der Waals surface area contributed by atoms with E-state index in [2.05, 4.69) is 29.4 Å². The molecule has 1 aromatic heterocycles. The van der Waals surface area contributed by atoms with Gasteiger partial charge in [-0.3, -0.25) is 14.9 Å². The van der Waals surface area contributed by atoms with Crippen molar-refractivity contribution in [2.75, 3.05) is 25.2 Å². The fraction of sp³-hybridized carbons (Fsp3) is 0.227. The van der Waals surface area contributed by atoms with Crippen molar-refractivity contribution in [3.63, 3.8) is 0 Å². The summed E-state index contributed by atoms with van der Waals surface area (Å²) in [5.74, 6) is 0.0587. The molecule has 0 unspecified atom stereocenters. The zero-order valence-electron chi connectivity index (χ0n) is 16.6. The minimum Gasteiger partial charge on any atom is -0.348 e. The molecule has 2 amide bonds. The molecule has 0 bridgehead atoms. The Morgan fingerprint density at radius 3 is 2.52 bits per heavy atom. The van der Waals surface area contributed by atoms with Crippen molar-refractivity contribution in [2.24, 2.45) is 0 Å². The Morgan fingerprint density at radius 1 is 1.10 bits per heavy atom. The van der Waals surface area contributed by atoms with E-state index < -0.39 is 0 Å². The molecule has 3 aromatic rings. The number of benzene rings is 2. The van der Waals surface area contributed by atoms with Gasteiger partial charge in [-0.2, -0.15) is 0 Å². The van der Waals surface area contributed by atoms with Crippen LogP contribution in [0.1, 0.15) is 22.8 Å². The average molecular weight is 426 g/mol. The number of hydrogen-bond donors (Lipinski definition) is 1. The van der Waals surface area contributed by atoms with E-state index in [9.17, 15) is 9.59 Å². The SMILES string of the molecule is CCc1ccc(-c2csc(NC(=O)c3ccccc3SCC(=O)N(C)C)n2)cc1. The number of aryl methyl sites for hydroxylation is 1. The van der Waals surface area contributed by atoms with Gasteiger partial charge in [-0.25, -0.2) is 4.98 Å². The molecule has 0 fully saturated rings. The van der Waals surface area contributed by atoms with Gasteiger partial charge in [0.15, 0.2) is 5.13 Å². The molecule has 0 atom stereocenters. The third-order valence-corrected chi connectivity index (χ3v) is 6.18. The molecular weight excluding hydrogens is 402 g/mol. The Balaban J connectivity index is 1.71. The van der Waals surface area contributed by atoms with Crippen molar-refractivity contribution >= 4 is 40.0 Å². The monoisotopic (exact) mass is 425 g/mol. The van der Waals surface area contributed by atoms with Crippen LogP contribution in [-0.2, 0) is 11.2 Å². The fourth-order valence-corrected chi connectivity index (χ4v) is 4.33. The zero-order valence-corrected chi connectivity index (χ0v) is 18.3. The van der Waals surface area contributed by atoms with Crippen LogP contribution < -0.4 is 5.32 Å². The minimum atomic E-state index is -0.229. The van der Waals surface area contributed by atoms with E-state index in [0.29, 0.717) is 10.7 Å². The summed E-state index contributed by atoms with van der Waals surface area (Å²) in [5.41, 5.74) is 3.68. The highest BCUT2D eigenvalue weighted by Gasteiger charge is 2.15. The van der Waals surface area contributed by atoms with Gasteiger partial charge in [0.2, 0.25) is 5.91 Å². The number of anilines is 1. The third-order valence-electron chi connectivity index (χ3n) is 4.36. The number of nitrogens with zero attached hydrogens (tertiary/aromatic N) is 2. The van der Waals surface area contributed by atoms with Gasteiger partial charge in [0, 0.05) is 29.9 Å². The smallest absolute Gasteiger partial charge is 0.258 e. The van der Waals surface area contributed by atoms with Crippen LogP contribution in [0.15, 0.2) is 58.8 Å². The molecule has 0 saturated carbocycles. The van der Waals surface area contributed by atoms with Crippen LogP contribution >= 0.6 is 23.1 Å². The zero-order chi connectivity index (χ0) is 20.8. The summed E-state index contributed by atoms with van der Waals surface area (Å²) >= 11 is 2.75. The van der Waals surface area contributed by atoms with E-state index >= 15 is 0 Å². The largest absolute Gasteiger partial charge is 0.348 e. The molecule has 150 valence electrons. The number of aromatic nitrogens is 1. The average Bonchev–Trinajstić information content (AvgIpc) is 3.20. The first-order valence-corrected chi connectivity index (χ1v) is 11.1. The van der Waals surface area contributed by atoms with Gasteiger partial charge in [-0.15, -0.1) is 23.1 Å². The highest BCUT2D eigenvalue weighted by Crippen LogP contribution is 2.27. The first kappa shape index (κ1) is 21.1. The van der Waals surface area contributed by atoms with Gasteiger partial charge >= 0.3 is 0 Å². The van der Waals surface area contributed by atoms with Crippen LogP contribution in [-0.4, -0.2) is 41.5 Å². The van der Waals surface area contributed by atoms with E-state index in [4.69, 9.17) is 0 Å². The number of amides is 2. The van der Waals surface area contributed by atoms with Crippen molar-refractivity contribution in [2.45, 2.75) is 18.2 Å². The number of carbonyl (C=O) groups is 2. The summed E-state index contributed by atoms with van der Waals surface area (Å²) in [6.07, 6.45) is 0.996. The lowest BCUT2D eigenvalue weighted by molar-refractivity contribution is -0.125. The predicted octanol–water partition coefficient (Wildman–Crippen LogP) is 4.81. The second-order valence-electron chi connectivity index (χ2n) is 6.62. The molecular formula is C22H23N3O2S2. The number of thioether (sulfide) groups is 1. The van der Waals surface area contributed by atoms with Crippen molar-refractivity contribution in [3.05, 3.63) is 65.0 Å². The van der Waals surface area contributed by atoms with Crippen molar-refractivity contribution in [3.8, 4) is 11.3 Å². The Kier molecular flexibility index (Phi) is 7.06. The fourth-order valence-electron chi connectivity index (χ4n) is 2.59. The summed E-state index contributed by atoms with van der Waals surface area (Å²) < 4.78 is 0. The molecule has 0 aliphatic heterocycles. The Hall–Kier alpha value is -2.64. The van der Waals surface area contributed by atoms with Gasteiger partial charge in [0.25, 0.3) is 5.91 Å². The molecule has 0 saturated heterocycles. The first-order chi connectivity index (χ1) is 14.0. The first-order valence-electron chi connectivity index (χ1n) is 9.26. The Bertz CT molecular complexity index is 997. The normalized spacial score (nSPS) is 10.6. The van der Waals surface area contributed by atoms with Gasteiger partial charge in [-0.1, -0.05) is 43.3 Å². The summed E-state index contributed by atoms with van der Waals surface area (Å²) in [6, 6.07) is 15.6. The molecule has 1 N–H and O–H groups in total. The van der Waals surface area contributed by atoms with Crippen molar-refractivity contribution < 1.29 is 9.59 Å². The van der Waals surface area contributed by atoms with Crippen molar-refractivity contribution in [1.82, 2.24) is 9.88 Å². The number of nitrogens with one attached hydrogen (secondary N) is 1. The van der Waals surface area contributed by atoms with Gasteiger partial charge < -0.3 is 4.90 Å². The molecule has 3 rings (SSSR count). The van der Waals surface area contributed by atoms with E-state index in [1.165, 1.54) is 28.7 Å². The van der Waals surface area contributed by atoms with E-state index in [0.717, 1.165) is 22.6 Å². The van der Waals surface area contributed by atoms with Crippen LogP contribution in [0.3, 0.4) is 0 Å². The topological polar surface area (TPSA) is 62.3 Å². The maximum atomic E-state index is 12.8.